The molecule has 29 heavy (non-hydrogen) atoms. The van der Waals surface area contributed by atoms with Crippen LogP contribution in [0.3, 0.4) is 0 Å². The van der Waals surface area contributed by atoms with Crippen LogP contribution in [0.2, 0.25) is 0 Å². The zero-order chi connectivity index (χ0) is 19.9. The third kappa shape index (κ3) is 5.24. The lowest BCUT2D eigenvalue weighted by Crippen LogP contribution is -2.29. The van der Waals surface area contributed by atoms with Crippen LogP contribution in [0.1, 0.15) is 11.4 Å². The van der Waals surface area contributed by atoms with Crippen molar-refractivity contribution >= 4 is 33.8 Å². The third-order valence-corrected chi connectivity index (χ3v) is 5.84. The van der Waals surface area contributed by atoms with Crippen molar-refractivity contribution in [1.82, 2.24) is 20.3 Å². The fourth-order valence-corrected chi connectivity index (χ4v) is 4.30. The van der Waals surface area contributed by atoms with Gasteiger partial charge in [0, 0.05) is 47.2 Å². The minimum atomic E-state index is -0.240. The Kier molecular flexibility index (Phi) is 6.23. The molecule has 0 atom stereocenters. The zero-order valence-corrected chi connectivity index (χ0v) is 17.2. The molecule has 0 aliphatic carbocycles. The van der Waals surface area contributed by atoms with Crippen molar-refractivity contribution in [2.45, 2.75) is 12.8 Å². The Bertz CT molecular complexity index is 1060. The van der Waals surface area contributed by atoms with Crippen LogP contribution in [-0.4, -0.2) is 27.5 Å². The van der Waals surface area contributed by atoms with E-state index in [1.165, 1.54) is 11.3 Å². The molecule has 0 saturated carbocycles. The third-order valence-electron chi connectivity index (χ3n) is 4.18. The maximum atomic E-state index is 12.1. The van der Waals surface area contributed by atoms with E-state index >= 15 is 0 Å². The molecule has 0 fully saturated rings. The Morgan fingerprint density at radius 3 is 2.45 bits per heavy atom. The number of benzene rings is 1. The predicted octanol–water partition coefficient (Wildman–Crippen LogP) is 5.08. The van der Waals surface area contributed by atoms with Gasteiger partial charge in [-0.05, 0) is 18.6 Å². The maximum Gasteiger partial charge on any atom is 0.321 e. The molecule has 0 aliphatic rings. The van der Waals surface area contributed by atoms with E-state index in [-0.39, 0.29) is 6.03 Å². The highest BCUT2D eigenvalue weighted by Gasteiger charge is 2.08. The van der Waals surface area contributed by atoms with Crippen LogP contribution in [0.15, 0.2) is 65.6 Å². The fourth-order valence-electron chi connectivity index (χ4n) is 2.74. The summed E-state index contributed by atoms with van der Waals surface area (Å²) in [5, 5.41) is 11.3. The molecule has 3 aromatic heterocycles. The summed E-state index contributed by atoms with van der Waals surface area (Å²) in [6.45, 7) is 0.576. The molecule has 0 spiro atoms. The second-order valence-electron chi connectivity index (χ2n) is 6.25. The predicted molar refractivity (Wildman–Crippen MR) is 118 cm³/mol. The summed E-state index contributed by atoms with van der Waals surface area (Å²) in [5.74, 6) is 0. The molecule has 0 saturated heterocycles. The summed E-state index contributed by atoms with van der Waals surface area (Å²) in [6, 6.07) is 13.6. The topological polar surface area (TPSA) is 79.8 Å². The Hall–Kier alpha value is -3.10. The largest absolute Gasteiger partial charge is 0.338 e. The number of aromatic nitrogens is 3. The molecule has 0 bridgehead atoms. The lowest BCUT2D eigenvalue weighted by Gasteiger charge is -2.04. The van der Waals surface area contributed by atoms with Gasteiger partial charge < -0.3 is 5.32 Å². The molecule has 8 heteroatoms. The highest BCUT2D eigenvalue weighted by molar-refractivity contribution is 7.14. The highest BCUT2D eigenvalue weighted by Crippen LogP contribution is 2.24. The van der Waals surface area contributed by atoms with E-state index in [0.29, 0.717) is 11.7 Å². The molecule has 2 amide bonds. The Morgan fingerprint density at radius 2 is 1.62 bits per heavy atom. The number of hydrogen-bond acceptors (Lipinski definition) is 6. The summed E-state index contributed by atoms with van der Waals surface area (Å²) in [6.07, 6.45) is 5.18. The Balaban J connectivity index is 1.21. The molecule has 6 nitrogen and oxygen atoms in total. The molecule has 146 valence electrons. The van der Waals surface area contributed by atoms with Crippen LogP contribution in [0.25, 0.3) is 22.5 Å². The van der Waals surface area contributed by atoms with Gasteiger partial charge in [-0.25, -0.2) is 14.8 Å². The van der Waals surface area contributed by atoms with Crippen LogP contribution in [0.5, 0.6) is 0 Å². The van der Waals surface area contributed by atoms with Gasteiger partial charge in [-0.1, -0.05) is 30.3 Å². The molecule has 1 aromatic carbocycles. The van der Waals surface area contributed by atoms with E-state index in [4.69, 9.17) is 0 Å². The molecule has 4 rings (SSSR count). The molecule has 0 radical (unpaired) electrons. The van der Waals surface area contributed by atoms with Crippen molar-refractivity contribution in [3.05, 3.63) is 70.6 Å². The second kappa shape index (κ2) is 9.40. The maximum absolute atomic E-state index is 12.1. The first-order valence-corrected chi connectivity index (χ1v) is 10.9. The molecule has 3 heterocycles. The van der Waals surface area contributed by atoms with E-state index < -0.39 is 0 Å². The number of aryl methyl sites for hydroxylation is 1. The van der Waals surface area contributed by atoms with Crippen molar-refractivity contribution in [1.29, 1.82) is 0 Å². The molecule has 2 N–H and O–H groups in total. The van der Waals surface area contributed by atoms with E-state index in [2.05, 4.69) is 31.0 Å². The lowest BCUT2D eigenvalue weighted by molar-refractivity contribution is 0.252. The van der Waals surface area contributed by atoms with Gasteiger partial charge in [0.05, 0.1) is 16.4 Å². The number of hydrogen-bond donors (Lipinski definition) is 2. The molecule has 0 unspecified atom stereocenters. The number of urea groups is 1. The van der Waals surface area contributed by atoms with Gasteiger partial charge >= 0.3 is 6.03 Å². The average molecular weight is 422 g/mol. The normalized spacial score (nSPS) is 10.6. The minimum absolute atomic E-state index is 0.240. The van der Waals surface area contributed by atoms with Crippen molar-refractivity contribution in [2.24, 2.45) is 0 Å². The summed E-state index contributed by atoms with van der Waals surface area (Å²) < 4.78 is 0. The number of nitrogens with zero attached hydrogens (tertiary/aromatic N) is 3. The van der Waals surface area contributed by atoms with Crippen LogP contribution in [0.4, 0.5) is 9.93 Å². The Labute approximate surface area is 176 Å². The van der Waals surface area contributed by atoms with Crippen LogP contribution < -0.4 is 10.6 Å². The van der Waals surface area contributed by atoms with Gasteiger partial charge in [-0.15, -0.1) is 22.7 Å². The molecule has 0 aliphatic heterocycles. The van der Waals surface area contributed by atoms with Crippen molar-refractivity contribution < 1.29 is 4.79 Å². The van der Waals surface area contributed by atoms with E-state index in [1.807, 2.05) is 47.8 Å². The van der Waals surface area contributed by atoms with Gasteiger partial charge in [0.1, 0.15) is 0 Å². The number of thiazole rings is 2. The number of anilines is 1. The highest BCUT2D eigenvalue weighted by atomic mass is 32.1. The summed E-state index contributed by atoms with van der Waals surface area (Å²) >= 11 is 3.05. The first-order valence-electron chi connectivity index (χ1n) is 9.18. The van der Waals surface area contributed by atoms with E-state index in [1.54, 1.807) is 23.7 Å². The van der Waals surface area contributed by atoms with Gasteiger partial charge in [0.25, 0.3) is 0 Å². The Morgan fingerprint density at radius 1 is 0.897 bits per heavy atom. The van der Waals surface area contributed by atoms with Crippen LogP contribution >= 0.6 is 22.7 Å². The zero-order valence-electron chi connectivity index (χ0n) is 15.5. The molecule has 4 aromatic rings. The number of carbonyl (C=O) groups excluding carboxylic acids is 1. The standard InChI is InChI=1S/C21H19N5OS2/c27-20(26-21-25-18(14-29-21)15-5-2-1-3-6-15)23-10-4-7-19-24-17(13-28-19)16-8-11-22-12-9-16/h1-3,5-6,8-9,11-14H,4,7,10H2,(H2,23,25,26,27). The monoisotopic (exact) mass is 421 g/mol. The smallest absolute Gasteiger partial charge is 0.321 e. The second-order valence-corrected chi connectivity index (χ2v) is 8.05. The van der Waals surface area contributed by atoms with Gasteiger partial charge in [0.15, 0.2) is 5.13 Å². The van der Waals surface area contributed by atoms with Crippen LogP contribution in [0, 0.1) is 0 Å². The van der Waals surface area contributed by atoms with E-state index in [9.17, 15) is 4.79 Å². The number of pyridine rings is 1. The summed E-state index contributed by atoms with van der Waals surface area (Å²) in [7, 11) is 0. The molecular formula is C21H19N5OS2. The lowest BCUT2D eigenvalue weighted by atomic mass is 10.2. The van der Waals surface area contributed by atoms with Gasteiger partial charge in [-0.3, -0.25) is 10.3 Å². The number of carbonyl (C=O) groups is 1. The first-order chi connectivity index (χ1) is 14.3. The quantitative estimate of drug-likeness (QED) is 0.408. The fraction of sp³-hybridized carbons (Fsp3) is 0.143. The van der Waals surface area contributed by atoms with Crippen molar-refractivity contribution in [3.63, 3.8) is 0 Å². The van der Waals surface area contributed by atoms with Crippen LogP contribution in [-0.2, 0) is 6.42 Å². The summed E-state index contributed by atoms with van der Waals surface area (Å²) in [5.41, 5.74) is 3.93. The van der Waals surface area contributed by atoms with E-state index in [0.717, 1.165) is 40.4 Å². The van der Waals surface area contributed by atoms with Crippen molar-refractivity contribution in [2.75, 3.05) is 11.9 Å². The van der Waals surface area contributed by atoms with Crippen molar-refractivity contribution in [3.8, 4) is 22.5 Å². The minimum Gasteiger partial charge on any atom is -0.338 e. The number of rotatable bonds is 7. The SMILES string of the molecule is O=C(NCCCc1nc(-c2ccncc2)cs1)Nc1nc(-c2ccccc2)cs1. The summed E-state index contributed by atoms with van der Waals surface area (Å²) in [4.78, 5) is 25.2. The first kappa shape index (κ1) is 19.2. The molecular weight excluding hydrogens is 402 g/mol. The average Bonchev–Trinajstić information content (AvgIpc) is 3.42. The number of nitrogens with one attached hydrogen (secondary N) is 2. The number of amides is 2. The van der Waals surface area contributed by atoms with Gasteiger partial charge in [0.2, 0.25) is 0 Å². The van der Waals surface area contributed by atoms with Gasteiger partial charge in [-0.2, -0.15) is 0 Å².